The summed E-state index contributed by atoms with van der Waals surface area (Å²) in [6, 6.07) is 10.6. The number of nitrogens with zero attached hydrogens (tertiary/aromatic N) is 3. The Morgan fingerprint density at radius 3 is 2.54 bits per heavy atom. The SMILES string of the molecule is CCOC(=O)c1cccc(Nc2ncnc(Nc3cccnc3)c2N)c1. The number of benzene rings is 1. The van der Waals surface area contributed by atoms with Gasteiger partial charge < -0.3 is 21.1 Å². The second kappa shape index (κ2) is 7.93. The van der Waals surface area contributed by atoms with Crippen LogP contribution in [-0.4, -0.2) is 27.5 Å². The molecule has 0 bridgehead atoms. The first-order chi connectivity index (χ1) is 12.7. The second-order valence-corrected chi connectivity index (χ2v) is 5.28. The highest BCUT2D eigenvalue weighted by molar-refractivity contribution is 5.91. The average molecular weight is 350 g/mol. The summed E-state index contributed by atoms with van der Waals surface area (Å²) in [7, 11) is 0. The van der Waals surface area contributed by atoms with Crippen LogP contribution in [0, 0.1) is 0 Å². The molecule has 0 atom stereocenters. The zero-order chi connectivity index (χ0) is 18.4. The highest BCUT2D eigenvalue weighted by atomic mass is 16.5. The van der Waals surface area contributed by atoms with E-state index in [1.807, 2.05) is 6.07 Å². The van der Waals surface area contributed by atoms with Crippen molar-refractivity contribution in [2.75, 3.05) is 23.0 Å². The van der Waals surface area contributed by atoms with Crippen LogP contribution in [0.25, 0.3) is 0 Å². The van der Waals surface area contributed by atoms with E-state index in [1.165, 1.54) is 6.33 Å². The Bertz CT molecular complexity index is 901. The van der Waals surface area contributed by atoms with Gasteiger partial charge in [0.1, 0.15) is 12.0 Å². The Hall–Kier alpha value is -3.68. The van der Waals surface area contributed by atoms with Crippen LogP contribution in [-0.2, 0) is 4.74 Å². The molecule has 1 aromatic carbocycles. The van der Waals surface area contributed by atoms with Crippen molar-refractivity contribution in [1.82, 2.24) is 15.0 Å². The van der Waals surface area contributed by atoms with Gasteiger partial charge in [0.2, 0.25) is 0 Å². The van der Waals surface area contributed by atoms with E-state index in [0.717, 1.165) is 5.69 Å². The first kappa shape index (κ1) is 17.2. The third-order valence-electron chi connectivity index (χ3n) is 3.44. The molecule has 0 aliphatic rings. The number of anilines is 5. The number of nitrogens with two attached hydrogens (primary N) is 1. The highest BCUT2D eigenvalue weighted by Gasteiger charge is 2.11. The van der Waals surface area contributed by atoms with Gasteiger partial charge in [0.25, 0.3) is 0 Å². The Balaban J connectivity index is 1.81. The van der Waals surface area contributed by atoms with Crippen LogP contribution in [0.4, 0.5) is 28.7 Å². The number of ether oxygens (including phenoxy) is 1. The smallest absolute Gasteiger partial charge is 0.338 e. The zero-order valence-corrected chi connectivity index (χ0v) is 14.1. The quantitative estimate of drug-likeness (QED) is 0.581. The van der Waals surface area contributed by atoms with Crippen LogP contribution in [0.2, 0.25) is 0 Å². The molecule has 0 radical (unpaired) electrons. The lowest BCUT2D eigenvalue weighted by molar-refractivity contribution is 0.0526. The molecule has 2 heterocycles. The van der Waals surface area contributed by atoms with Crippen molar-refractivity contribution >= 4 is 34.7 Å². The van der Waals surface area contributed by atoms with Crippen molar-refractivity contribution in [2.45, 2.75) is 6.92 Å². The van der Waals surface area contributed by atoms with Gasteiger partial charge in [-0.15, -0.1) is 0 Å². The highest BCUT2D eigenvalue weighted by Crippen LogP contribution is 2.28. The molecule has 4 N–H and O–H groups in total. The predicted molar refractivity (Wildman–Crippen MR) is 99.6 cm³/mol. The summed E-state index contributed by atoms with van der Waals surface area (Å²) in [4.78, 5) is 24.2. The fourth-order valence-electron chi connectivity index (χ4n) is 2.24. The van der Waals surface area contributed by atoms with Crippen LogP contribution in [0.5, 0.6) is 0 Å². The van der Waals surface area contributed by atoms with Crippen molar-refractivity contribution < 1.29 is 9.53 Å². The predicted octanol–water partition coefficient (Wildman–Crippen LogP) is 3.12. The largest absolute Gasteiger partial charge is 0.462 e. The summed E-state index contributed by atoms with van der Waals surface area (Å²) < 4.78 is 5.01. The summed E-state index contributed by atoms with van der Waals surface area (Å²) in [6.07, 6.45) is 4.74. The number of nitrogens with one attached hydrogen (secondary N) is 2. The van der Waals surface area contributed by atoms with Crippen LogP contribution < -0.4 is 16.4 Å². The van der Waals surface area contributed by atoms with Crippen LogP contribution in [0.3, 0.4) is 0 Å². The van der Waals surface area contributed by atoms with Crippen molar-refractivity contribution in [3.8, 4) is 0 Å². The first-order valence-corrected chi connectivity index (χ1v) is 7.99. The number of carbonyl (C=O) groups is 1. The second-order valence-electron chi connectivity index (χ2n) is 5.28. The van der Waals surface area contributed by atoms with Crippen LogP contribution in [0.15, 0.2) is 55.1 Å². The van der Waals surface area contributed by atoms with Gasteiger partial charge in [-0.3, -0.25) is 4.98 Å². The van der Waals surface area contributed by atoms with Gasteiger partial charge in [-0.25, -0.2) is 14.8 Å². The molecule has 0 amide bonds. The number of pyridine rings is 1. The minimum Gasteiger partial charge on any atom is -0.462 e. The number of aromatic nitrogens is 3. The van der Waals surface area contributed by atoms with E-state index < -0.39 is 0 Å². The Labute approximate surface area is 150 Å². The van der Waals surface area contributed by atoms with Crippen molar-refractivity contribution in [3.05, 3.63) is 60.7 Å². The van der Waals surface area contributed by atoms with Crippen molar-refractivity contribution in [1.29, 1.82) is 0 Å². The van der Waals surface area contributed by atoms with Gasteiger partial charge in [0, 0.05) is 11.9 Å². The average Bonchev–Trinajstić information content (AvgIpc) is 2.66. The molecular weight excluding hydrogens is 332 g/mol. The number of hydrogen-bond donors (Lipinski definition) is 3. The molecule has 0 spiro atoms. The van der Waals surface area contributed by atoms with E-state index in [-0.39, 0.29) is 5.97 Å². The molecule has 8 nitrogen and oxygen atoms in total. The van der Waals surface area contributed by atoms with Crippen molar-refractivity contribution in [2.24, 2.45) is 0 Å². The molecule has 0 aliphatic heterocycles. The van der Waals surface area contributed by atoms with Gasteiger partial charge in [0.05, 0.1) is 24.1 Å². The van der Waals surface area contributed by atoms with Crippen molar-refractivity contribution in [3.63, 3.8) is 0 Å². The van der Waals surface area contributed by atoms with Crippen LogP contribution >= 0.6 is 0 Å². The molecule has 3 aromatic rings. The summed E-state index contributed by atoms with van der Waals surface area (Å²) >= 11 is 0. The molecular formula is C18H18N6O2. The fraction of sp³-hybridized carbons (Fsp3) is 0.111. The van der Waals surface area contributed by atoms with Gasteiger partial charge >= 0.3 is 5.97 Å². The van der Waals surface area contributed by atoms with E-state index in [0.29, 0.717) is 35.2 Å². The monoisotopic (exact) mass is 350 g/mol. The molecule has 0 aliphatic carbocycles. The lowest BCUT2D eigenvalue weighted by Gasteiger charge is -2.13. The molecule has 0 saturated carbocycles. The molecule has 2 aromatic heterocycles. The number of carbonyl (C=O) groups excluding carboxylic acids is 1. The molecule has 0 unspecified atom stereocenters. The van der Waals surface area contributed by atoms with Gasteiger partial charge in [0.15, 0.2) is 11.6 Å². The fourth-order valence-corrected chi connectivity index (χ4v) is 2.24. The number of rotatable bonds is 6. The zero-order valence-electron chi connectivity index (χ0n) is 14.1. The number of hydrogen-bond acceptors (Lipinski definition) is 8. The topological polar surface area (TPSA) is 115 Å². The van der Waals surface area contributed by atoms with E-state index in [2.05, 4.69) is 25.6 Å². The normalized spacial score (nSPS) is 10.2. The molecule has 132 valence electrons. The van der Waals surface area contributed by atoms with Gasteiger partial charge in [-0.2, -0.15) is 0 Å². The Morgan fingerprint density at radius 1 is 1.12 bits per heavy atom. The lowest BCUT2D eigenvalue weighted by Crippen LogP contribution is -2.07. The first-order valence-electron chi connectivity index (χ1n) is 7.99. The third kappa shape index (κ3) is 4.04. The van der Waals surface area contributed by atoms with Gasteiger partial charge in [-0.05, 0) is 37.3 Å². The van der Waals surface area contributed by atoms with E-state index >= 15 is 0 Å². The minimum atomic E-state index is -0.384. The number of nitrogen functional groups attached to an aromatic ring is 1. The molecule has 8 heteroatoms. The Kier molecular flexibility index (Phi) is 5.23. The van der Waals surface area contributed by atoms with E-state index in [4.69, 9.17) is 10.5 Å². The lowest BCUT2D eigenvalue weighted by atomic mass is 10.2. The van der Waals surface area contributed by atoms with Gasteiger partial charge in [-0.1, -0.05) is 6.07 Å². The molecule has 0 saturated heterocycles. The maximum Gasteiger partial charge on any atom is 0.338 e. The molecule has 3 rings (SSSR count). The molecule has 0 fully saturated rings. The third-order valence-corrected chi connectivity index (χ3v) is 3.44. The van der Waals surface area contributed by atoms with Crippen LogP contribution in [0.1, 0.15) is 17.3 Å². The summed E-state index contributed by atoms with van der Waals surface area (Å²) in [5.74, 6) is 0.496. The number of esters is 1. The summed E-state index contributed by atoms with van der Waals surface area (Å²) in [5, 5.41) is 6.19. The summed E-state index contributed by atoms with van der Waals surface area (Å²) in [6.45, 7) is 2.08. The summed E-state index contributed by atoms with van der Waals surface area (Å²) in [5.41, 5.74) is 8.37. The van der Waals surface area contributed by atoms with E-state index in [9.17, 15) is 4.79 Å². The Morgan fingerprint density at radius 2 is 1.85 bits per heavy atom. The maximum atomic E-state index is 11.9. The minimum absolute atomic E-state index is 0.318. The molecule has 26 heavy (non-hydrogen) atoms. The van der Waals surface area contributed by atoms with E-state index in [1.54, 1.807) is 49.6 Å². The standard InChI is InChI=1S/C18H18N6O2/c1-2-26-18(25)12-5-3-6-13(9-12)23-16-15(19)17(22-11-21-16)24-14-7-4-8-20-10-14/h3-11H,2,19H2,1H3,(H2,21,22,23,24). The maximum absolute atomic E-state index is 11.9.